The average molecular weight is 608 g/mol. The first-order valence-electron chi connectivity index (χ1n) is 16.6. The number of pyridine rings is 3. The van der Waals surface area contributed by atoms with Gasteiger partial charge in [0.2, 0.25) is 11.4 Å². The van der Waals surface area contributed by atoms with Gasteiger partial charge < -0.3 is 0 Å². The zero-order valence-corrected chi connectivity index (χ0v) is 29.9. The first-order valence-corrected chi connectivity index (χ1v) is 16.6. The van der Waals surface area contributed by atoms with Crippen LogP contribution in [-0.4, -0.2) is 4.98 Å². The van der Waals surface area contributed by atoms with Gasteiger partial charge in [0.05, 0.1) is 16.5 Å². The monoisotopic (exact) mass is 607 g/mol. The highest BCUT2D eigenvalue weighted by Crippen LogP contribution is 2.37. The summed E-state index contributed by atoms with van der Waals surface area (Å²) in [6.07, 6.45) is 4.54. The smallest absolute Gasteiger partial charge is 0.220 e. The summed E-state index contributed by atoms with van der Waals surface area (Å²) >= 11 is 0. The van der Waals surface area contributed by atoms with Crippen LogP contribution in [0.1, 0.15) is 76.7 Å². The Kier molecular flexibility index (Phi) is 7.87. The van der Waals surface area contributed by atoms with Gasteiger partial charge in [-0.2, -0.15) is 4.57 Å². The molecule has 234 valence electrons. The van der Waals surface area contributed by atoms with E-state index in [0.717, 1.165) is 17.9 Å². The van der Waals surface area contributed by atoms with Crippen LogP contribution in [0.5, 0.6) is 0 Å². The van der Waals surface area contributed by atoms with Crippen LogP contribution in [0.2, 0.25) is 0 Å². The van der Waals surface area contributed by atoms with E-state index >= 15 is 0 Å². The molecule has 0 N–H and O–H groups in total. The maximum atomic E-state index is 4.79. The number of benzene rings is 3. The summed E-state index contributed by atoms with van der Waals surface area (Å²) in [6.45, 7) is 25.4. The maximum absolute atomic E-state index is 4.79. The van der Waals surface area contributed by atoms with Crippen LogP contribution in [0.4, 0.5) is 0 Å². The van der Waals surface area contributed by atoms with Crippen molar-refractivity contribution in [3.63, 3.8) is 0 Å². The molecule has 0 unspecified atom stereocenters. The third-order valence-electron chi connectivity index (χ3n) is 10.3. The minimum absolute atomic E-state index is 0.0655. The lowest BCUT2D eigenvalue weighted by atomic mass is 9.86. The van der Waals surface area contributed by atoms with Gasteiger partial charge in [-0.05, 0) is 129 Å². The van der Waals surface area contributed by atoms with Crippen LogP contribution >= 0.6 is 0 Å². The summed E-state index contributed by atoms with van der Waals surface area (Å²) in [6, 6.07) is 21.0. The molecule has 0 atom stereocenters. The fourth-order valence-corrected chi connectivity index (χ4v) is 7.25. The summed E-state index contributed by atoms with van der Waals surface area (Å²) in [4.78, 5) is 4.79. The second-order valence-electron chi connectivity index (χ2n) is 14.6. The van der Waals surface area contributed by atoms with E-state index in [-0.39, 0.29) is 5.41 Å². The molecule has 0 aliphatic carbocycles. The van der Waals surface area contributed by atoms with Crippen LogP contribution in [0.25, 0.3) is 44.1 Å². The molecule has 3 aromatic heterocycles. The fraction of sp³-hybridized carbons (Fsp3) is 0.326. The molecular weight excluding hydrogens is 558 g/mol. The lowest BCUT2D eigenvalue weighted by Crippen LogP contribution is -2.38. The summed E-state index contributed by atoms with van der Waals surface area (Å²) in [5, 5.41) is 5.04. The van der Waals surface area contributed by atoms with Crippen molar-refractivity contribution in [3.05, 3.63) is 123 Å². The third kappa shape index (κ3) is 5.40. The molecule has 0 amide bonds. The molecule has 0 fully saturated rings. The van der Waals surface area contributed by atoms with Gasteiger partial charge in [0, 0.05) is 45.9 Å². The normalized spacial score (nSPS) is 12.0. The molecule has 0 bridgehead atoms. The molecule has 0 aliphatic heterocycles. The van der Waals surface area contributed by atoms with Crippen molar-refractivity contribution in [2.45, 2.75) is 88.1 Å². The zero-order valence-electron chi connectivity index (χ0n) is 29.9. The number of nitrogens with zero attached hydrogens (tertiary/aromatic N) is 3. The Morgan fingerprint density at radius 2 is 1.35 bits per heavy atom. The highest BCUT2D eigenvalue weighted by molar-refractivity contribution is 6.11. The second kappa shape index (κ2) is 11.5. The first-order chi connectivity index (χ1) is 21.6. The molecule has 3 heterocycles. The Bertz CT molecular complexity index is 2190. The van der Waals surface area contributed by atoms with E-state index in [1.54, 1.807) is 0 Å². The predicted octanol–water partition coefficient (Wildman–Crippen LogP) is 9.65. The third-order valence-corrected chi connectivity index (χ3v) is 10.3. The molecule has 3 heteroatoms. The van der Waals surface area contributed by atoms with Crippen LogP contribution in [-0.2, 0) is 19.0 Å². The van der Waals surface area contributed by atoms with Crippen molar-refractivity contribution in [3.8, 4) is 22.5 Å². The zero-order chi connectivity index (χ0) is 33.2. The molecule has 0 spiro atoms. The number of rotatable bonds is 4. The molecule has 3 aromatic carbocycles. The SMILES string of the molecule is Cc1cc(C)c(C[n+]2ccc3c(ccc4c(C)nc(C)cc43)c2-c2cc(C)c(C)c(C)c2C)c(-c2cc(C(C)(C)C)cc[n+]2C)c1. The maximum Gasteiger partial charge on any atom is 0.220 e. The van der Waals surface area contributed by atoms with Crippen LogP contribution in [0.3, 0.4) is 0 Å². The van der Waals surface area contributed by atoms with Gasteiger partial charge in [-0.15, -0.1) is 0 Å². The van der Waals surface area contributed by atoms with Gasteiger partial charge >= 0.3 is 0 Å². The average Bonchev–Trinajstić information content (AvgIpc) is 2.98. The van der Waals surface area contributed by atoms with E-state index in [1.807, 2.05) is 0 Å². The molecule has 0 radical (unpaired) electrons. The Labute approximate surface area is 275 Å². The fourth-order valence-electron chi connectivity index (χ4n) is 7.25. The molecular formula is C43H49N3+2. The summed E-state index contributed by atoms with van der Waals surface area (Å²) < 4.78 is 4.78. The van der Waals surface area contributed by atoms with Gasteiger partial charge in [0.1, 0.15) is 7.05 Å². The summed E-state index contributed by atoms with van der Waals surface area (Å²) in [5.41, 5.74) is 18.0. The minimum atomic E-state index is 0.0655. The Morgan fingerprint density at radius 3 is 2.07 bits per heavy atom. The number of hydrogen-bond donors (Lipinski definition) is 0. The highest BCUT2D eigenvalue weighted by Gasteiger charge is 2.27. The second-order valence-corrected chi connectivity index (χ2v) is 14.6. The highest BCUT2D eigenvalue weighted by atomic mass is 15.0. The largest absolute Gasteiger partial charge is 0.258 e. The molecule has 3 nitrogen and oxygen atoms in total. The first kappa shape index (κ1) is 31.6. The van der Waals surface area contributed by atoms with Crippen molar-refractivity contribution in [2.24, 2.45) is 7.05 Å². The molecule has 6 aromatic rings. The molecule has 0 saturated carbocycles. The van der Waals surface area contributed by atoms with E-state index in [4.69, 9.17) is 4.98 Å². The van der Waals surface area contributed by atoms with Crippen molar-refractivity contribution < 1.29 is 9.13 Å². The number of aryl methyl sites for hydroxylation is 6. The molecule has 46 heavy (non-hydrogen) atoms. The summed E-state index contributed by atoms with van der Waals surface area (Å²) in [7, 11) is 2.17. The standard InChI is InChI=1S/C43H49N3/c1-25-19-27(3)40(39(20-25)41-23-33(43(9,10)11)15-17-45(41)12)24-46-18-16-35-36(14-13-34-32(8)44-28(4)22-38(34)35)42(46)37-21-26(2)29(5)30(6)31(37)7/h13-23H,24H2,1-12H3/q+2. The molecule has 0 aliphatic rings. The topological polar surface area (TPSA) is 20.6 Å². The van der Waals surface area contributed by atoms with Gasteiger partial charge in [-0.25, -0.2) is 4.57 Å². The lowest BCUT2D eigenvalue weighted by Gasteiger charge is -2.20. The van der Waals surface area contributed by atoms with Crippen LogP contribution < -0.4 is 9.13 Å². The van der Waals surface area contributed by atoms with Crippen LogP contribution in [0, 0.1) is 55.4 Å². The Balaban J connectivity index is 1.68. The summed E-state index contributed by atoms with van der Waals surface area (Å²) in [5.74, 6) is 0. The van der Waals surface area contributed by atoms with E-state index in [1.165, 1.54) is 88.6 Å². The molecule has 0 saturated heterocycles. The molecule has 6 rings (SSSR count). The van der Waals surface area contributed by atoms with Gasteiger partial charge in [-0.3, -0.25) is 4.98 Å². The van der Waals surface area contributed by atoms with Gasteiger partial charge in [-0.1, -0.05) is 32.9 Å². The quantitative estimate of drug-likeness (QED) is 0.144. The lowest BCUT2D eigenvalue weighted by molar-refractivity contribution is -0.676. The van der Waals surface area contributed by atoms with Crippen LogP contribution in [0.15, 0.2) is 67.0 Å². The van der Waals surface area contributed by atoms with Gasteiger partial charge in [0.15, 0.2) is 18.9 Å². The van der Waals surface area contributed by atoms with Crippen molar-refractivity contribution >= 4 is 21.5 Å². The van der Waals surface area contributed by atoms with Crippen molar-refractivity contribution in [2.75, 3.05) is 0 Å². The minimum Gasteiger partial charge on any atom is -0.258 e. The number of fused-ring (bicyclic) bond motifs is 3. The number of aromatic nitrogens is 3. The van der Waals surface area contributed by atoms with Crippen molar-refractivity contribution in [1.29, 1.82) is 0 Å². The van der Waals surface area contributed by atoms with E-state index in [2.05, 4.69) is 159 Å². The van der Waals surface area contributed by atoms with E-state index in [9.17, 15) is 0 Å². The van der Waals surface area contributed by atoms with E-state index < -0.39 is 0 Å². The predicted molar refractivity (Wildman–Crippen MR) is 194 cm³/mol. The van der Waals surface area contributed by atoms with Crippen molar-refractivity contribution in [1.82, 2.24) is 4.98 Å². The Hall–Kier alpha value is -4.37. The van der Waals surface area contributed by atoms with Gasteiger partial charge in [0.25, 0.3) is 0 Å². The number of hydrogen-bond acceptors (Lipinski definition) is 1. The van der Waals surface area contributed by atoms with E-state index in [0.29, 0.717) is 0 Å². The Morgan fingerprint density at radius 1 is 0.630 bits per heavy atom.